The van der Waals surface area contributed by atoms with Gasteiger partial charge < -0.3 is 20.8 Å². The molecular weight excluding hydrogens is 348 g/mol. The summed E-state index contributed by atoms with van der Waals surface area (Å²) in [7, 11) is 0. The molecule has 0 aliphatic rings. The van der Waals surface area contributed by atoms with Gasteiger partial charge in [-0.2, -0.15) is 0 Å². The zero-order valence-corrected chi connectivity index (χ0v) is 17.0. The van der Waals surface area contributed by atoms with Crippen LogP contribution in [0.25, 0.3) is 0 Å². The molecule has 144 valence electrons. The fourth-order valence-electron chi connectivity index (χ4n) is 3.15. The maximum Gasteiger partial charge on any atom is 0.122 e. The highest BCUT2D eigenvalue weighted by Crippen LogP contribution is 2.24. The number of aryl methyl sites for hydroxylation is 4. The number of nitrogens with one attached hydrogen (secondary N) is 2. The summed E-state index contributed by atoms with van der Waals surface area (Å²) in [5.41, 5.74) is 6.08. The van der Waals surface area contributed by atoms with Crippen molar-refractivity contribution in [3.05, 3.63) is 57.6 Å². The van der Waals surface area contributed by atoms with Gasteiger partial charge >= 0.3 is 0 Å². The predicted octanol–water partition coefficient (Wildman–Crippen LogP) is 4.02. The number of phenolic OH excluding ortho intramolecular Hbond substituents is 2. The summed E-state index contributed by atoms with van der Waals surface area (Å²) in [6.07, 6.45) is 0.983. The van der Waals surface area contributed by atoms with E-state index in [1.165, 1.54) is 11.1 Å². The van der Waals surface area contributed by atoms with Crippen LogP contribution >= 0.6 is 12.4 Å². The van der Waals surface area contributed by atoms with Crippen molar-refractivity contribution in [2.75, 3.05) is 13.1 Å². The lowest BCUT2D eigenvalue weighted by molar-refractivity contribution is 0.457. The molecule has 4 N–H and O–H groups in total. The number of benzene rings is 2. The third-order valence-corrected chi connectivity index (χ3v) is 4.39. The second-order valence-electron chi connectivity index (χ2n) is 6.89. The highest BCUT2D eigenvalue weighted by molar-refractivity contribution is 5.85. The van der Waals surface area contributed by atoms with Crippen LogP contribution in [0.2, 0.25) is 0 Å². The van der Waals surface area contributed by atoms with Crippen molar-refractivity contribution in [3.63, 3.8) is 0 Å². The van der Waals surface area contributed by atoms with Crippen LogP contribution in [-0.4, -0.2) is 23.3 Å². The molecule has 0 radical (unpaired) electrons. The van der Waals surface area contributed by atoms with Gasteiger partial charge in [0.2, 0.25) is 0 Å². The Balaban J connectivity index is 0.00000338. The van der Waals surface area contributed by atoms with Crippen molar-refractivity contribution >= 4 is 12.4 Å². The van der Waals surface area contributed by atoms with E-state index < -0.39 is 0 Å². The first-order valence-corrected chi connectivity index (χ1v) is 8.88. The van der Waals surface area contributed by atoms with E-state index in [2.05, 4.69) is 10.6 Å². The van der Waals surface area contributed by atoms with Gasteiger partial charge in [-0.1, -0.05) is 35.4 Å². The largest absolute Gasteiger partial charge is 0.507 e. The summed E-state index contributed by atoms with van der Waals surface area (Å²) in [4.78, 5) is 0. The van der Waals surface area contributed by atoms with Crippen molar-refractivity contribution < 1.29 is 10.2 Å². The summed E-state index contributed by atoms with van der Waals surface area (Å²) in [5, 5.41) is 26.9. The van der Waals surface area contributed by atoms with Crippen molar-refractivity contribution in [2.24, 2.45) is 0 Å². The number of halogens is 1. The van der Waals surface area contributed by atoms with Crippen molar-refractivity contribution in [2.45, 2.75) is 47.2 Å². The minimum Gasteiger partial charge on any atom is -0.507 e. The molecule has 0 aliphatic carbocycles. The molecule has 4 nitrogen and oxygen atoms in total. The van der Waals surface area contributed by atoms with Gasteiger partial charge in [-0.15, -0.1) is 12.4 Å². The third-order valence-electron chi connectivity index (χ3n) is 4.39. The number of hydrogen-bond donors (Lipinski definition) is 4. The number of rotatable bonds is 8. The molecule has 0 atom stereocenters. The summed E-state index contributed by atoms with van der Waals surface area (Å²) < 4.78 is 0. The second-order valence-corrected chi connectivity index (χ2v) is 6.89. The minimum atomic E-state index is 0. The Bertz CT molecular complexity index is 671. The normalized spacial score (nSPS) is 10.6. The van der Waals surface area contributed by atoms with Crippen LogP contribution in [0.4, 0.5) is 0 Å². The van der Waals surface area contributed by atoms with Gasteiger partial charge in [0.25, 0.3) is 0 Å². The van der Waals surface area contributed by atoms with Gasteiger partial charge in [0.1, 0.15) is 11.5 Å². The van der Waals surface area contributed by atoms with Crippen LogP contribution in [-0.2, 0) is 13.1 Å². The lowest BCUT2D eigenvalue weighted by Gasteiger charge is -2.12. The highest BCUT2D eigenvalue weighted by atomic mass is 35.5. The van der Waals surface area contributed by atoms with Crippen molar-refractivity contribution in [1.82, 2.24) is 10.6 Å². The quantitative estimate of drug-likeness (QED) is 0.524. The monoisotopic (exact) mass is 378 g/mol. The predicted molar refractivity (Wildman–Crippen MR) is 110 cm³/mol. The van der Waals surface area contributed by atoms with Crippen LogP contribution in [0.5, 0.6) is 11.5 Å². The molecule has 0 unspecified atom stereocenters. The molecule has 0 bridgehead atoms. The van der Waals surface area contributed by atoms with Crippen LogP contribution in [0, 0.1) is 27.7 Å². The van der Waals surface area contributed by atoms with Gasteiger partial charge in [0.05, 0.1) is 0 Å². The average Bonchev–Trinajstić information content (AvgIpc) is 2.55. The smallest absolute Gasteiger partial charge is 0.122 e. The standard InChI is InChI=1S/C21H30N2O2.ClH/c1-14-8-16(3)20(24)18(10-14)12-22-6-5-7-23-13-19-11-15(2)9-17(4)21(19)25;/h8-11,22-25H,5-7,12-13H2,1-4H3;1H. The molecule has 0 spiro atoms. The molecule has 0 saturated carbocycles. The van der Waals surface area contributed by atoms with E-state index in [1.807, 2.05) is 52.0 Å². The molecule has 2 aromatic carbocycles. The Morgan fingerprint density at radius 3 is 1.46 bits per heavy atom. The molecule has 0 amide bonds. The molecule has 0 saturated heterocycles. The topological polar surface area (TPSA) is 64.5 Å². The molecule has 0 fully saturated rings. The minimum absolute atomic E-state index is 0. The third kappa shape index (κ3) is 6.20. The van der Waals surface area contributed by atoms with Gasteiger partial charge in [-0.25, -0.2) is 0 Å². The molecule has 0 heterocycles. The van der Waals surface area contributed by atoms with E-state index in [4.69, 9.17) is 0 Å². The summed E-state index contributed by atoms with van der Waals surface area (Å²) in [5.74, 6) is 0.781. The van der Waals surface area contributed by atoms with Gasteiger partial charge in [0.15, 0.2) is 0 Å². The summed E-state index contributed by atoms with van der Waals surface area (Å²) in [6, 6.07) is 8.03. The van der Waals surface area contributed by atoms with Gasteiger partial charge in [0, 0.05) is 24.2 Å². The highest BCUT2D eigenvalue weighted by Gasteiger charge is 2.06. The van der Waals surface area contributed by atoms with Crippen LogP contribution in [0.15, 0.2) is 24.3 Å². The first-order chi connectivity index (χ1) is 11.9. The van der Waals surface area contributed by atoms with Gasteiger partial charge in [-0.05, 0) is 58.3 Å². The second kappa shape index (κ2) is 10.4. The van der Waals surface area contributed by atoms with E-state index in [0.717, 1.165) is 41.8 Å². The molecule has 2 aromatic rings. The fourth-order valence-corrected chi connectivity index (χ4v) is 3.15. The molecule has 0 aliphatic heterocycles. The molecule has 5 heteroatoms. The SMILES string of the molecule is Cc1cc(C)c(O)c(CNCCCNCc2cc(C)cc(C)c2O)c1.Cl. The Morgan fingerprint density at radius 1 is 0.692 bits per heavy atom. The molecule has 26 heavy (non-hydrogen) atoms. The number of phenols is 2. The van der Waals surface area contributed by atoms with Crippen LogP contribution in [0.1, 0.15) is 39.8 Å². The molecule has 0 aromatic heterocycles. The first-order valence-electron chi connectivity index (χ1n) is 8.88. The zero-order chi connectivity index (χ0) is 18.4. The summed E-state index contributed by atoms with van der Waals surface area (Å²) >= 11 is 0. The lowest BCUT2D eigenvalue weighted by Crippen LogP contribution is -2.21. The number of aromatic hydroxyl groups is 2. The Hall–Kier alpha value is -1.75. The van der Waals surface area contributed by atoms with Gasteiger partial charge in [-0.3, -0.25) is 0 Å². The Morgan fingerprint density at radius 2 is 1.08 bits per heavy atom. The fraction of sp³-hybridized carbons (Fsp3) is 0.429. The number of hydrogen-bond acceptors (Lipinski definition) is 4. The Labute approximate surface area is 163 Å². The molecule has 2 rings (SSSR count). The van der Waals surface area contributed by atoms with E-state index >= 15 is 0 Å². The van der Waals surface area contributed by atoms with Crippen LogP contribution < -0.4 is 10.6 Å². The van der Waals surface area contributed by atoms with Crippen molar-refractivity contribution in [1.29, 1.82) is 0 Å². The van der Waals surface area contributed by atoms with Crippen LogP contribution in [0.3, 0.4) is 0 Å². The first kappa shape index (κ1) is 22.3. The van der Waals surface area contributed by atoms with E-state index in [0.29, 0.717) is 24.6 Å². The lowest BCUT2D eigenvalue weighted by atomic mass is 10.1. The van der Waals surface area contributed by atoms with Crippen molar-refractivity contribution in [3.8, 4) is 11.5 Å². The Kier molecular flexibility index (Phi) is 8.93. The van der Waals surface area contributed by atoms with E-state index in [1.54, 1.807) is 0 Å². The molecular formula is C21H31ClN2O2. The maximum atomic E-state index is 10.1. The average molecular weight is 379 g/mol. The maximum absolute atomic E-state index is 10.1. The van der Waals surface area contributed by atoms with E-state index in [-0.39, 0.29) is 12.4 Å². The zero-order valence-electron chi connectivity index (χ0n) is 16.1. The summed E-state index contributed by atoms with van der Waals surface area (Å²) in [6.45, 7) is 11.0. The van der Waals surface area contributed by atoms with E-state index in [9.17, 15) is 10.2 Å².